The number of fused-ring (bicyclic) bond motifs is 1. The van der Waals surface area contributed by atoms with E-state index in [9.17, 15) is 13.2 Å². The fourth-order valence-corrected chi connectivity index (χ4v) is 2.09. The first kappa shape index (κ1) is 8.55. The van der Waals surface area contributed by atoms with Crippen LogP contribution in [0.3, 0.4) is 0 Å². The first-order chi connectivity index (χ1) is 5.98. The van der Waals surface area contributed by atoms with Gasteiger partial charge in [-0.25, -0.2) is 0 Å². The zero-order valence-corrected chi connectivity index (χ0v) is 7.41. The van der Waals surface area contributed by atoms with Crippen molar-refractivity contribution in [2.24, 2.45) is 7.05 Å². The Morgan fingerprint density at radius 2 is 2.15 bits per heavy atom. The number of hydrogen-bond donors (Lipinski definition) is 0. The van der Waals surface area contributed by atoms with E-state index in [0.717, 1.165) is 16.7 Å². The number of aryl methyl sites for hydroxylation is 1. The summed E-state index contributed by atoms with van der Waals surface area (Å²) in [6.07, 6.45) is -2.89. The quantitative estimate of drug-likeness (QED) is 0.648. The SMILES string of the molecule is Cn1cc2c(C(F)(F)F)csc2n1. The van der Waals surface area contributed by atoms with Gasteiger partial charge in [0.1, 0.15) is 4.83 Å². The van der Waals surface area contributed by atoms with Gasteiger partial charge in [-0.3, -0.25) is 4.68 Å². The van der Waals surface area contributed by atoms with Crippen molar-refractivity contribution < 1.29 is 13.2 Å². The number of alkyl halides is 3. The summed E-state index contributed by atoms with van der Waals surface area (Å²) in [7, 11) is 1.60. The zero-order valence-electron chi connectivity index (χ0n) is 6.59. The number of hydrogen-bond acceptors (Lipinski definition) is 2. The lowest BCUT2D eigenvalue weighted by atomic mass is 10.2. The molecule has 70 valence electrons. The molecule has 0 aliphatic carbocycles. The molecule has 0 fully saturated rings. The highest BCUT2D eigenvalue weighted by molar-refractivity contribution is 7.16. The van der Waals surface area contributed by atoms with Gasteiger partial charge in [-0.05, 0) is 0 Å². The van der Waals surface area contributed by atoms with Crippen molar-refractivity contribution in [3.8, 4) is 0 Å². The number of rotatable bonds is 0. The van der Waals surface area contributed by atoms with Crippen LogP contribution in [0, 0.1) is 0 Å². The Hall–Kier alpha value is -1.04. The lowest BCUT2D eigenvalue weighted by Gasteiger charge is -2.01. The summed E-state index contributed by atoms with van der Waals surface area (Å²) in [6.45, 7) is 0. The molecule has 2 aromatic rings. The monoisotopic (exact) mass is 206 g/mol. The maximum Gasteiger partial charge on any atom is 0.417 e. The van der Waals surface area contributed by atoms with Crippen LogP contribution < -0.4 is 0 Å². The largest absolute Gasteiger partial charge is 0.417 e. The second-order valence-corrected chi connectivity index (χ2v) is 3.53. The second kappa shape index (κ2) is 2.47. The van der Waals surface area contributed by atoms with Crippen LogP contribution >= 0.6 is 11.3 Å². The summed E-state index contributed by atoms with van der Waals surface area (Å²) in [5.74, 6) is 0. The Morgan fingerprint density at radius 1 is 1.46 bits per heavy atom. The van der Waals surface area contributed by atoms with Crippen molar-refractivity contribution in [2.45, 2.75) is 6.18 Å². The van der Waals surface area contributed by atoms with E-state index in [1.165, 1.54) is 10.9 Å². The fourth-order valence-electron chi connectivity index (χ4n) is 1.14. The van der Waals surface area contributed by atoms with E-state index < -0.39 is 11.7 Å². The van der Waals surface area contributed by atoms with Crippen LogP contribution in [0.5, 0.6) is 0 Å². The minimum Gasteiger partial charge on any atom is -0.274 e. The lowest BCUT2D eigenvalue weighted by molar-refractivity contribution is -0.136. The van der Waals surface area contributed by atoms with Crippen LogP contribution in [0.25, 0.3) is 10.2 Å². The van der Waals surface area contributed by atoms with Crippen LogP contribution in [0.4, 0.5) is 13.2 Å². The summed E-state index contributed by atoms with van der Waals surface area (Å²) < 4.78 is 38.4. The first-order valence-corrected chi connectivity index (χ1v) is 4.34. The number of thiophene rings is 1. The molecule has 0 atom stereocenters. The van der Waals surface area contributed by atoms with Crippen LogP contribution in [-0.4, -0.2) is 9.78 Å². The highest BCUT2D eigenvalue weighted by atomic mass is 32.1. The standard InChI is InChI=1S/C7H5F3N2S/c1-12-2-4-5(7(8,9)10)3-13-6(4)11-12/h2-3H,1H3. The molecule has 2 heterocycles. The fraction of sp³-hybridized carbons (Fsp3) is 0.286. The van der Waals surface area contributed by atoms with Gasteiger partial charge in [-0.1, -0.05) is 0 Å². The molecule has 0 saturated heterocycles. The van der Waals surface area contributed by atoms with E-state index in [4.69, 9.17) is 0 Å². The van der Waals surface area contributed by atoms with Gasteiger partial charge in [0.25, 0.3) is 0 Å². The Kier molecular flexibility index (Phi) is 1.63. The third-order valence-corrected chi connectivity index (χ3v) is 2.56. The Bertz CT molecular complexity index is 440. The van der Waals surface area contributed by atoms with Crippen molar-refractivity contribution in [3.05, 3.63) is 17.1 Å². The highest BCUT2D eigenvalue weighted by Gasteiger charge is 2.34. The Morgan fingerprint density at radius 3 is 2.77 bits per heavy atom. The molecule has 2 aromatic heterocycles. The molecule has 0 amide bonds. The molecule has 2 rings (SSSR count). The highest BCUT2D eigenvalue weighted by Crippen LogP contribution is 2.37. The Balaban J connectivity index is 2.70. The first-order valence-electron chi connectivity index (χ1n) is 3.46. The molecule has 0 unspecified atom stereocenters. The Labute approximate surface area is 75.6 Å². The molecule has 0 radical (unpaired) electrons. The van der Waals surface area contributed by atoms with Gasteiger partial charge in [-0.15, -0.1) is 11.3 Å². The molecule has 0 N–H and O–H groups in total. The molecule has 0 aromatic carbocycles. The van der Waals surface area contributed by atoms with Crippen molar-refractivity contribution >= 4 is 21.6 Å². The van der Waals surface area contributed by atoms with Crippen LogP contribution in [-0.2, 0) is 13.2 Å². The number of aromatic nitrogens is 2. The van der Waals surface area contributed by atoms with Crippen molar-refractivity contribution in [1.29, 1.82) is 0 Å². The number of nitrogens with zero attached hydrogens (tertiary/aromatic N) is 2. The summed E-state index contributed by atoms with van der Waals surface area (Å²) >= 11 is 1.01. The van der Waals surface area contributed by atoms with Gasteiger partial charge in [-0.2, -0.15) is 18.3 Å². The molecule has 0 saturated carbocycles. The smallest absolute Gasteiger partial charge is 0.274 e. The lowest BCUT2D eigenvalue weighted by Crippen LogP contribution is -2.02. The summed E-state index contributed by atoms with van der Waals surface area (Å²) in [6, 6.07) is 0. The predicted molar refractivity (Wildman–Crippen MR) is 43.6 cm³/mol. The van der Waals surface area contributed by atoms with Crippen molar-refractivity contribution in [1.82, 2.24) is 9.78 Å². The third-order valence-electron chi connectivity index (χ3n) is 1.68. The molecule has 0 spiro atoms. The molecule has 6 heteroatoms. The average molecular weight is 206 g/mol. The van der Waals surface area contributed by atoms with Crippen molar-refractivity contribution in [2.75, 3.05) is 0 Å². The van der Waals surface area contributed by atoms with Crippen LogP contribution in [0.15, 0.2) is 11.6 Å². The van der Waals surface area contributed by atoms with Gasteiger partial charge in [0.05, 0.1) is 5.56 Å². The van der Waals surface area contributed by atoms with Crippen LogP contribution in [0.2, 0.25) is 0 Å². The average Bonchev–Trinajstić information content (AvgIpc) is 2.41. The second-order valence-electron chi connectivity index (χ2n) is 2.67. The molecule has 13 heavy (non-hydrogen) atoms. The topological polar surface area (TPSA) is 17.8 Å². The van der Waals surface area contributed by atoms with Gasteiger partial charge in [0, 0.05) is 24.0 Å². The third kappa shape index (κ3) is 1.31. The minimum absolute atomic E-state index is 0.181. The molecule has 0 aliphatic rings. The van der Waals surface area contributed by atoms with Gasteiger partial charge < -0.3 is 0 Å². The minimum atomic E-state index is -4.28. The van der Waals surface area contributed by atoms with Gasteiger partial charge in [0.15, 0.2) is 0 Å². The zero-order chi connectivity index (χ0) is 9.64. The van der Waals surface area contributed by atoms with E-state index in [-0.39, 0.29) is 5.39 Å². The summed E-state index contributed by atoms with van der Waals surface area (Å²) in [5.41, 5.74) is -0.597. The van der Waals surface area contributed by atoms with E-state index >= 15 is 0 Å². The van der Waals surface area contributed by atoms with E-state index in [1.54, 1.807) is 7.05 Å². The maximum atomic E-state index is 12.3. The predicted octanol–water partition coefficient (Wildman–Crippen LogP) is 2.65. The van der Waals surface area contributed by atoms with Crippen LogP contribution in [0.1, 0.15) is 5.56 Å². The maximum absolute atomic E-state index is 12.3. The summed E-state index contributed by atoms with van der Waals surface area (Å²) in [4.78, 5) is 0.426. The summed E-state index contributed by atoms with van der Waals surface area (Å²) in [5, 5.41) is 5.16. The number of halogens is 3. The van der Waals surface area contributed by atoms with Gasteiger partial charge in [0.2, 0.25) is 0 Å². The molecular weight excluding hydrogens is 201 g/mol. The molecule has 0 aliphatic heterocycles. The van der Waals surface area contributed by atoms with E-state index in [2.05, 4.69) is 5.10 Å². The normalized spacial score (nSPS) is 12.6. The molecular formula is C7H5F3N2S. The van der Waals surface area contributed by atoms with Crippen molar-refractivity contribution in [3.63, 3.8) is 0 Å². The molecule has 0 bridgehead atoms. The van der Waals surface area contributed by atoms with E-state index in [0.29, 0.717) is 4.83 Å². The van der Waals surface area contributed by atoms with Gasteiger partial charge >= 0.3 is 6.18 Å². The molecule has 2 nitrogen and oxygen atoms in total. The van der Waals surface area contributed by atoms with E-state index in [1.807, 2.05) is 0 Å².